The number of nitro benzene ring substituents is 1. The summed E-state index contributed by atoms with van der Waals surface area (Å²) in [5.41, 5.74) is 1.53. The third-order valence-electron chi connectivity index (χ3n) is 4.71. The van der Waals surface area contributed by atoms with Crippen LogP contribution in [0.1, 0.15) is 47.3 Å². The van der Waals surface area contributed by atoms with E-state index in [-0.39, 0.29) is 16.6 Å². The van der Waals surface area contributed by atoms with Gasteiger partial charge in [-0.1, -0.05) is 35.9 Å². The highest BCUT2D eigenvalue weighted by atomic mass is 35.5. The molecule has 1 N–H and O–H groups in total. The molecule has 1 aliphatic rings. The first-order valence-electron chi connectivity index (χ1n) is 8.90. The summed E-state index contributed by atoms with van der Waals surface area (Å²) >= 11 is 5.83. The zero-order valence-corrected chi connectivity index (χ0v) is 15.9. The number of fused-ring (bicyclic) bond motifs is 1. The summed E-state index contributed by atoms with van der Waals surface area (Å²) in [4.78, 5) is 35.3. The number of nitrogens with one attached hydrogen (secondary N) is 1. The summed E-state index contributed by atoms with van der Waals surface area (Å²) in [6.45, 7) is 1.43. The van der Waals surface area contributed by atoms with Crippen LogP contribution in [-0.2, 0) is 16.0 Å². The number of aryl methyl sites for hydroxylation is 1. The van der Waals surface area contributed by atoms with E-state index in [9.17, 15) is 19.7 Å². The van der Waals surface area contributed by atoms with Crippen molar-refractivity contribution in [1.29, 1.82) is 0 Å². The van der Waals surface area contributed by atoms with Crippen LogP contribution in [0.15, 0.2) is 42.5 Å². The van der Waals surface area contributed by atoms with Gasteiger partial charge in [-0.15, -0.1) is 0 Å². The maximum Gasteiger partial charge on any atom is 0.345 e. The number of nitrogens with zero attached hydrogens (tertiary/aromatic N) is 1. The number of ether oxygens (including phenoxy) is 1. The molecule has 0 bridgehead atoms. The van der Waals surface area contributed by atoms with Crippen LogP contribution >= 0.6 is 11.6 Å². The van der Waals surface area contributed by atoms with E-state index >= 15 is 0 Å². The van der Waals surface area contributed by atoms with Crippen molar-refractivity contribution in [3.05, 3.63) is 74.3 Å². The van der Waals surface area contributed by atoms with E-state index in [2.05, 4.69) is 5.32 Å². The Morgan fingerprint density at radius 3 is 2.79 bits per heavy atom. The minimum absolute atomic E-state index is 0.154. The zero-order chi connectivity index (χ0) is 20.3. The number of benzene rings is 2. The molecule has 0 saturated carbocycles. The first kappa shape index (κ1) is 19.8. The van der Waals surface area contributed by atoms with Gasteiger partial charge in [0.25, 0.3) is 11.6 Å². The van der Waals surface area contributed by atoms with Crippen LogP contribution in [-0.4, -0.2) is 22.9 Å². The van der Waals surface area contributed by atoms with Gasteiger partial charge < -0.3 is 10.1 Å². The van der Waals surface area contributed by atoms with Crippen LogP contribution in [0.3, 0.4) is 0 Å². The molecule has 1 aliphatic carbocycles. The van der Waals surface area contributed by atoms with Gasteiger partial charge in [-0.25, -0.2) is 4.79 Å². The lowest BCUT2D eigenvalue weighted by molar-refractivity contribution is -0.385. The lowest BCUT2D eigenvalue weighted by Gasteiger charge is -2.27. The minimum Gasteiger partial charge on any atom is -0.449 e. The molecule has 2 aromatic carbocycles. The second-order valence-electron chi connectivity index (χ2n) is 6.62. The Hall–Kier alpha value is -2.93. The average molecular weight is 403 g/mol. The molecule has 0 aromatic heterocycles. The lowest BCUT2D eigenvalue weighted by Crippen LogP contribution is -2.39. The SMILES string of the molecule is C[C@@H](OC(=O)c1cc(Cl)ccc1[N+](=O)[O-])C(=O)N[C@@H]1CCCc2ccccc21. The van der Waals surface area contributed by atoms with E-state index in [1.165, 1.54) is 18.6 Å². The summed E-state index contributed by atoms with van der Waals surface area (Å²) in [5, 5.41) is 14.2. The molecule has 0 aliphatic heterocycles. The van der Waals surface area contributed by atoms with E-state index in [1.807, 2.05) is 24.3 Å². The summed E-state index contributed by atoms with van der Waals surface area (Å²) in [7, 11) is 0. The Labute approximate surface area is 166 Å². The number of carbonyl (C=O) groups excluding carboxylic acids is 2. The first-order chi connectivity index (χ1) is 13.4. The Bertz CT molecular complexity index is 931. The van der Waals surface area contributed by atoms with Gasteiger partial charge in [0.1, 0.15) is 5.56 Å². The first-order valence-corrected chi connectivity index (χ1v) is 9.27. The standard InChI is InChI=1S/C20H19ClN2O5/c1-12(28-20(25)16-11-14(21)9-10-18(16)23(26)27)19(24)22-17-8-4-6-13-5-2-3-7-15(13)17/h2-3,5,7,9-12,17H,4,6,8H2,1H3,(H,22,24)/t12-,17-/m1/s1. The van der Waals surface area contributed by atoms with Crippen LogP contribution in [0.4, 0.5) is 5.69 Å². The summed E-state index contributed by atoms with van der Waals surface area (Å²) in [5.74, 6) is -1.43. The molecule has 146 valence electrons. The lowest BCUT2D eigenvalue weighted by atomic mass is 9.87. The van der Waals surface area contributed by atoms with Gasteiger partial charge in [0.05, 0.1) is 11.0 Å². The topological polar surface area (TPSA) is 98.5 Å². The number of amides is 1. The number of esters is 1. The van der Waals surface area contributed by atoms with Crippen molar-refractivity contribution in [1.82, 2.24) is 5.32 Å². The summed E-state index contributed by atoms with van der Waals surface area (Å²) < 4.78 is 5.16. The van der Waals surface area contributed by atoms with E-state index in [1.54, 1.807) is 0 Å². The van der Waals surface area contributed by atoms with Gasteiger partial charge in [0.2, 0.25) is 0 Å². The highest BCUT2D eigenvalue weighted by Gasteiger charge is 2.28. The zero-order valence-electron chi connectivity index (χ0n) is 15.2. The number of halogens is 1. The molecule has 1 amide bonds. The van der Waals surface area contributed by atoms with E-state index in [0.29, 0.717) is 0 Å². The smallest absolute Gasteiger partial charge is 0.345 e. The Kier molecular flexibility index (Phi) is 5.94. The molecule has 0 saturated heterocycles. The van der Waals surface area contributed by atoms with Crippen LogP contribution in [0.25, 0.3) is 0 Å². The largest absolute Gasteiger partial charge is 0.449 e. The van der Waals surface area contributed by atoms with Crippen molar-refractivity contribution < 1.29 is 19.2 Å². The fourth-order valence-corrected chi connectivity index (χ4v) is 3.47. The number of nitro groups is 1. The van der Waals surface area contributed by atoms with E-state index in [4.69, 9.17) is 16.3 Å². The third kappa shape index (κ3) is 4.31. The Balaban J connectivity index is 1.69. The molecule has 0 spiro atoms. The van der Waals surface area contributed by atoms with Gasteiger partial charge in [0.15, 0.2) is 6.10 Å². The third-order valence-corrected chi connectivity index (χ3v) is 4.95. The Morgan fingerprint density at radius 1 is 1.29 bits per heavy atom. The molecule has 7 nitrogen and oxygen atoms in total. The second-order valence-corrected chi connectivity index (χ2v) is 7.05. The van der Waals surface area contributed by atoms with Crippen molar-refractivity contribution in [3.8, 4) is 0 Å². The molecule has 3 rings (SSSR count). The predicted octanol–water partition coefficient (Wildman–Crippen LogP) is 3.99. The molecule has 2 atom stereocenters. The predicted molar refractivity (Wildman–Crippen MR) is 103 cm³/mol. The molecule has 0 fully saturated rings. The highest BCUT2D eigenvalue weighted by Crippen LogP contribution is 2.29. The fourth-order valence-electron chi connectivity index (χ4n) is 3.30. The Morgan fingerprint density at radius 2 is 2.04 bits per heavy atom. The van der Waals surface area contributed by atoms with Crippen LogP contribution in [0, 0.1) is 10.1 Å². The van der Waals surface area contributed by atoms with Crippen molar-refractivity contribution in [3.63, 3.8) is 0 Å². The maximum absolute atomic E-state index is 12.5. The van der Waals surface area contributed by atoms with Crippen molar-refractivity contribution in [2.24, 2.45) is 0 Å². The van der Waals surface area contributed by atoms with E-state index < -0.39 is 28.6 Å². The molecule has 28 heavy (non-hydrogen) atoms. The molecule has 8 heteroatoms. The van der Waals surface area contributed by atoms with Crippen molar-refractivity contribution in [2.45, 2.75) is 38.3 Å². The number of hydrogen-bond donors (Lipinski definition) is 1. The van der Waals surface area contributed by atoms with Crippen LogP contribution in [0.5, 0.6) is 0 Å². The second kappa shape index (κ2) is 8.39. The molecular weight excluding hydrogens is 384 g/mol. The fraction of sp³-hybridized carbons (Fsp3) is 0.300. The molecule has 0 unspecified atom stereocenters. The highest BCUT2D eigenvalue weighted by molar-refractivity contribution is 6.31. The summed E-state index contributed by atoms with van der Waals surface area (Å²) in [6.07, 6.45) is 1.60. The van der Waals surface area contributed by atoms with Crippen LogP contribution < -0.4 is 5.32 Å². The van der Waals surface area contributed by atoms with Crippen molar-refractivity contribution in [2.75, 3.05) is 0 Å². The molecular formula is C20H19ClN2O5. The van der Waals surface area contributed by atoms with Gasteiger partial charge in [-0.2, -0.15) is 0 Å². The minimum atomic E-state index is -1.11. The normalized spacial score (nSPS) is 16.6. The van der Waals surface area contributed by atoms with Gasteiger partial charge in [-0.3, -0.25) is 14.9 Å². The molecule has 0 radical (unpaired) electrons. The van der Waals surface area contributed by atoms with Crippen molar-refractivity contribution >= 4 is 29.2 Å². The quantitative estimate of drug-likeness (QED) is 0.463. The number of hydrogen-bond acceptors (Lipinski definition) is 5. The average Bonchev–Trinajstić information content (AvgIpc) is 2.67. The van der Waals surface area contributed by atoms with Gasteiger partial charge in [-0.05, 0) is 49.4 Å². The van der Waals surface area contributed by atoms with E-state index in [0.717, 1.165) is 37.0 Å². The van der Waals surface area contributed by atoms with Crippen LogP contribution in [0.2, 0.25) is 5.02 Å². The van der Waals surface area contributed by atoms with Gasteiger partial charge in [0, 0.05) is 11.1 Å². The van der Waals surface area contributed by atoms with Gasteiger partial charge >= 0.3 is 5.97 Å². The molecule has 0 heterocycles. The number of carbonyl (C=O) groups is 2. The number of rotatable bonds is 5. The monoisotopic (exact) mass is 402 g/mol. The molecule has 2 aromatic rings. The summed E-state index contributed by atoms with van der Waals surface area (Å²) in [6, 6.07) is 11.3. The maximum atomic E-state index is 12.5.